The Hall–Kier alpha value is -3.48. The Bertz CT molecular complexity index is 982. The maximum Gasteiger partial charge on any atom is 0.274 e. The highest BCUT2D eigenvalue weighted by Crippen LogP contribution is 2.20. The smallest absolute Gasteiger partial charge is 0.274 e. The van der Waals surface area contributed by atoms with Crippen molar-refractivity contribution in [1.29, 1.82) is 0 Å². The van der Waals surface area contributed by atoms with Crippen molar-refractivity contribution in [1.82, 2.24) is 15.0 Å². The van der Waals surface area contributed by atoms with Crippen LogP contribution in [0.1, 0.15) is 21.6 Å². The van der Waals surface area contributed by atoms with E-state index in [1.54, 1.807) is 24.7 Å². The zero-order valence-corrected chi connectivity index (χ0v) is 16.7. The minimum absolute atomic E-state index is 0.198. The molecule has 1 saturated heterocycles. The highest BCUT2D eigenvalue weighted by atomic mass is 16.1. The van der Waals surface area contributed by atoms with Gasteiger partial charge in [0.2, 0.25) is 5.95 Å². The summed E-state index contributed by atoms with van der Waals surface area (Å²) in [5.41, 5.74) is 4.38. The van der Waals surface area contributed by atoms with Crippen LogP contribution >= 0.6 is 0 Å². The van der Waals surface area contributed by atoms with E-state index in [1.807, 2.05) is 44.2 Å². The molecule has 7 heteroatoms. The van der Waals surface area contributed by atoms with Gasteiger partial charge in [0, 0.05) is 44.3 Å². The van der Waals surface area contributed by atoms with Crippen LogP contribution in [0, 0.1) is 13.8 Å². The molecule has 0 atom stereocenters. The second kappa shape index (κ2) is 8.26. The lowest BCUT2D eigenvalue weighted by Crippen LogP contribution is -2.47. The van der Waals surface area contributed by atoms with E-state index in [9.17, 15) is 4.79 Å². The van der Waals surface area contributed by atoms with Crippen LogP contribution in [0.25, 0.3) is 0 Å². The molecule has 1 aromatic carbocycles. The second-order valence-corrected chi connectivity index (χ2v) is 7.20. The molecule has 3 heterocycles. The molecule has 0 aliphatic carbocycles. The van der Waals surface area contributed by atoms with Crippen LogP contribution in [-0.4, -0.2) is 47.0 Å². The lowest BCUT2D eigenvalue weighted by molar-refractivity contribution is 0.102. The first-order valence-electron chi connectivity index (χ1n) is 9.72. The summed E-state index contributed by atoms with van der Waals surface area (Å²) >= 11 is 0. The number of carbonyl (C=O) groups is 1. The number of benzene rings is 1. The molecule has 4 rings (SSSR count). The van der Waals surface area contributed by atoms with Crippen molar-refractivity contribution in [3.63, 3.8) is 0 Å². The van der Waals surface area contributed by atoms with Gasteiger partial charge in [-0.1, -0.05) is 12.1 Å². The number of hydrogen-bond donors (Lipinski definition) is 1. The molecule has 2 aromatic heterocycles. The van der Waals surface area contributed by atoms with Crippen LogP contribution in [0.5, 0.6) is 0 Å². The molecule has 148 valence electrons. The Balaban J connectivity index is 1.38. The summed E-state index contributed by atoms with van der Waals surface area (Å²) in [4.78, 5) is 30.0. The summed E-state index contributed by atoms with van der Waals surface area (Å²) in [5, 5.41) is 2.95. The van der Waals surface area contributed by atoms with Crippen LogP contribution in [0.2, 0.25) is 0 Å². The van der Waals surface area contributed by atoms with Gasteiger partial charge >= 0.3 is 0 Å². The van der Waals surface area contributed by atoms with Gasteiger partial charge in [-0.3, -0.25) is 4.79 Å². The number of nitrogens with one attached hydrogen (secondary N) is 1. The van der Waals surface area contributed by atoms with Gasteiger partial charge in [-0.15, -0.1) is 0 Å². The summed E-state index contributed by atoms with van der Waals surface area (Å²) in [5.74, 6) is 0.569. The van der Waals surface area contributed by atoms with Crippen molar-refractivity contribution >= 4 is 23.2 Å². The van der Waals surface area contributed by atoms with Gasteiger partial charge in [0.15, 0.2) is 0 Å². The van der Waals surface area contributed by atoms with Gasteiger partial charge < -0.3 is 15.1 Å². The van der Waals surface area contributed by atoms with Crippen molar-refractivity contribution in [2.45, 2.75) is 13.8 Å². The highest BCUT2D eigenvalue weighted by molar-refractivity contribution is 6.03. The molecule has 1 aliphatic heterocycles. The molecular formula is C22H24N6O. The lowest BCUT2D eigenvalue weighted by Gasteiger charge is -2.35. The molecule has 0 bridgehead atoms. The predicted molar refractivity (Wildman–Crippen MR) is 115 cm³/mol. The van der Waals surface area contributed by atoms with Crippen molar-refractivity contribution in [2.24, 2.45) is 0 Å². The standard InChI is InChI=1S/C22H24N6O/c1-16-4-5-17(2)20(14-16)26-21(29)19-7-6-18(15-25-19)27-10-12-28(13-11-27)22-23-8-3-9-24-22/h3-9,14-15H,10-13H2,1-2H3,(H,26,29). The average Bonchev–Trinajstić information content (AvgIpc) is 2.77. The summed E-state index contributed by atoms with van der Waals surface area (Å²) in [7, 11) is 0. The molecule has 0 spiro atoms. The Labute approximate surface area is 170 Å². The number of amides is 1. The highest BCUT2D eigenvalue weighted by Gasteiger charge is 2.19. The molecule has 3 aromatic rings. The predicted octanol–water partition coefficient (Wildman–Crippen LogP) is 3.07. The molecule has 0 radical (unpaired) electrons. The Morgan fingerprint density at radius 3 is 2.34 bits per heavy atom. The minimum atomic E-state index is -0.198. The fourth-order valence-corrected chi connectivity index (χ4v) is 3.38. The number of anilines is 3. The van der Waals surface area contributed by atoms with Crippen LogP contribution in [0.4, 0.5) is 17.3 Å². The average molecular weight is 388 g/mol. The topological polar surface area (TPSA) is 74.2 Å². The Kier molecular flexibility index (Phi) is 5.37. The number of hydrogen-bond acceptors (Lipinski definition) is 6. The molecule has 1 amide bonds. The van der Waals surface area contributed by atoms with Gasteiger partial charge in [-0.2, -0.15) is 0 Å². The normalized spacial score (nSPS) is 14.0. The molecule has 29 heavy (non-hydrogen) atoms. The zero-order chi connectivity index (χ0) is 20.2. The number of carbonyl (C=O) groups excluding carboxylic acids is 1. The summed E-state index contributed by atoms with van der Waals surface area (Å²) in [6.07, 6.45) is 5.30. The van der Waals surface area contributed by atoms with Crippen molar-refractivity contribution in [2.75, 3.05) is 41.3 Å². The first-order valence-corrected chi connectivity index (χ1v) is 9.72. The van der Waals surface area contributed by atoms with E-state index in [-0.39, 0.29) is 5.91 Å². The molecular weight excluding hydrogens is 364 g/mol. The quantitative estimate of drug-likeness (QED) is 0.740. The van der Waals surface area contributed by atoms with E-state index in [2.05, 4.69) is 30.1 Å². The SMILES string of the molecule is Cc1ccc(C)c(NC(=O)c2ccc(N3CCN(c4ncccn4)CC3)cn2)c1. The van der Waals surface area contributed by atoms with Gasteiger partial charge in [0.25, 0.3) is 5.91 Å². The zero-order valence-electron chi connectivity index (χ0n) is 16.7. The van der Waals surface area contributed by atoms with Gasteiger partial charge in [0.05, 0.1) is 11.9 Å². The van der Waals surface area contributed by atoms with Gasteiger partial charge in [-0.25, -0.2) is 15.0 Å². The van der Waals surface area contributed by atoms with Crippen molar-refractivity contribution in [3.05, 3.63) is 71.8 Å². The van der Waals surface area contributed by atoms with E-state index in [0.29, 0.717) is 5.69 Å². The van der Waals surface area contributed by atoms with Crippen molar-refractivity contribution < 1.29 is 4.79 Å². The number of pyridine rings is 1. The molecule has 0 saturated carbocycles. The third-order valence-electron chi connectivity index (χ3n) is 5.10. The number of aromatic nitrogens is 3. The van der Waals surface area contributed by atoms with E-state index in [4.69, 9.17) is 0 Å². The van der Waals surface area contributed by atoms with Crippen LogP contribution < -0.4 is 15.1 Å². The molecule has 1 aliphatic rings. The molecule has 7 nitrogen and oxygen atoms in total. The van der Waals surface area contributed by atoms with Crippen LogP contribution in [0.15, 0.2) is 55.0 Å². The summed E-state index contributed by atoms with van der Waals surface area (Å²) < 4.78 is 0. The van der Waals surface area contributed by atoms with Crippen LogP contribution in [-0.2, 0) is 0 Å². The molecule has 0 unspecified atom stereocenters. The monoisotopic (exact) mass is 388 g/mol. The lowest BCUT2D eigenvalue weighted by atomic mass is 10.1. The largest absolute Gasteiger partial charge is 0.367 e. The number of aryl methyl sites for hydroxylation is 2. The molecule has 1 N–H and O–H groups in total. The summed E-state index contributed by atoms with van der Waals surface area (Å²) in [6, 6.07) is 11.6. The third-order valence-corrected chi connectivity index (χ3v) is 5.10. The number of piperazine rings is 1. The Morgan fingerprint density at radius 2 is 1.66 bits per heavy atom. The fourth-order valence-electron chi connectivity index (χ4n) is 3.38. The van der Waals surface area contributed by atoms with E-state index in [0.717, 1.165) is 54.6 Å². The fraction of sp³-hybridized carbons (Fsp3) is 0.273. The third kappa shape index (κ3) is 4.34. The Morgan fingerprint density at radius 1 is 0.931 bits per heavy atom. The van der Waals surface area contributed by atoms with E-state index < -0.39 is 0 Å². The van der Waals surface area contributed by atoms with Gasteiger partial charge in [0.1, 0.15) is 5.69 Å². The number of nitrogens with zero attached hydrogens (tertiary/aromatic N) is 5. The maximum atomic E-state index is 12.6. The summed E-state index contributed by atoms with van der Waals surface area (Å²) in [6.45, 7) is 7.39. The van der Waals surface area contributed by atoms with Crippen LogP contribution in [0.3, 0.4) is 0 Å². The minimum Gasteiger partial charge on any atom is -0.367 e. The second-order valence-electron chi connectivity index (χ2n) is 7.20. The van der Waals surface area contributed by atoms with E-state index >= 15 is 0 Å². The maximum absolute atomic E-state index is 12.6. The van der Waals surface area contributed by atoms with Gasteiger partial charge in [-0.05, 0) is 49.2 Å². The first kappa shape index (κ1) is 18.9. The number of rotatable bonds is 4. The van der Waals surface area contributed by atoms with E-state index in [1.165, 1.54) is 0 Å². The first-order chi connectivity index (χ1) is 14.1. The van der Waals surface area contributed by atoms with Crippen molar-refractivity contribution in [3.8, 4) is 0 Å². The molecule has 1 fully saturated rings.